The van der Waals surface area contributed by atoms with Crippen molar-refractivity contribution in [3.8, 4) is 11.5 Å². The van der Waals surface area contributed by atoms with Crippen LogP contribution in [-0.4, -0.2) is 34.1 Å². The molecule has 0 saturated carbocycles. The van der Waals surface area contributed by atoms with Crippen molar-refractivity contribution in [3.63, 3.8) is 0 Å². The molecule has 1 saturated heterocycles. The number of phenols is 2. The second kappa shape index (κ2) is 7.72. The quantitative estimate of drug-likeness (QED) is 0.869. The number of halogens is 2. The molecule has 2 aromatic rings. The van der Waals surface area contributed by atoms with Gasteiger partial charge >= 0.3 is 0 Å². The Morgan fingerprint density at radius 3 is 2.54 bits per heavy atom. The highest BCUT2D eigenvalue weighted by molar-refractivity contribution is 5.99. The number of aryl methyl sites for hydroxylation is 1. The van der Waals surface area contributed by atoms with Gasteiger partial charge in [-0.15, -0.1) is 0 Å². The summed E-state index contributed by atoms with van der Waals surface area (Å²) in [5.41, 5.74) is 0.652. The van der Waals surface area contributed by atoms with E-state index < -0.39 is 17.5 Å². The molecule has 1 heterocycles. The molecule has 1 atom stereocenters. The maximum Gasteiger partial charge on any atom is 0.261 e. The van der Waals surface area contributed by atoms with Gasteiger partial charge in [-0.3, -0.25) is 4.79 Å². The highest BCUT2D eigenvalue weighted by Gasteiger charge is 2.27. The summed E-state index contributed by atoms with van der Waals surface area (Å²) >= 11 is 0. The number of phenolic OH excluding ortho intramolecular Hbond substituents is 2. The fourth-order valence-electron chi connectivity index (χ4n) is 3.46. The Balaban J connectivity index is 1.63. The first kappa shape index (κ1) is 18.2. The summed E-state index contributed by atoms with van der Waals surface area (Å²) in [5.74, 6) is -2.34. The normalized spacial score (nSPS) is 17.3. The van der Waals surface area contributed by atoms with Gasteiger partial charge < -0.3 is 15.1 Å². The van der Waals surface area contributed by atoms with Gasteiger partial charge in [0.1, 0.15) is 17.1 Å². The van der Waals surface area contributed by atoms with E-state index in [4.69, 9.17) is 0 Å². The number of amides is 1. The molecule has 0 bridgehead atoms. The number of piperidine rings is 1. The van der Waals surface area contributed by atoms with Crippen molar-refractivity contribution >= 4 is 5.91 Å². The Morgan fingerprint density at radius 2 is 1.85 bits per heavy atom. The van der Waals surface area contributed by atoms with Crippen LogP contribution in [0.5, 0.6) is 11.5 Å². The van der Waals surface area contributed by atoms with E-state index in [1.807, 2.05) is 0 Å². The number of carbonyl (C=O) groups excluding carboxylic acids is 1. The van der Waals surface area contributed by atoms with Crippen LogP contribution in [0.4, 0.5) is 8.78 Å². The summed E-state index contributed by atoms with van der Waals surface area (Å²) in [6.45, 7) is 1.07. The lowest BCUT2D eigenvalue weighted by Gasteiger charge is -2.33. The van der Waals surface area contributed by atoms with Crippen LogP contribution in [-0.2, 0) is 6.42 Å². The van der Waals surface area contributed by atoms with E-state index in [1.165, 1.54) is 24.3 Å². The molecule has 0 aliphatic carbocycles. The third-order valence-corrected chi connectivity index (χ3v) is 4.87. The molecular weight excluding hydrogens is 340 g/mol. The standard InChI is InChI=1S/C20H21F2NO3/c21-15-9-8-13(11-16(15)22)6-7-14-3-2-10-23(12-14)20(26)19-17(24)4-1-5-18(19)25/h1,4-5,8-9,11,14,24-25H,2-3,6-7,10,12H2. The van der Waals surface area contributed by atoms with Gasteiger partial charge in [0.2, 0.25) is 0 Å². The van der Waals surface area contributed by atoms with Crippen molar-refractivity contribution in [1.29, 1.82) is 0 Å². The van der Waals surface area contributed by atoms with E-state index in [2.05, 4.69) is 0 Å². The molecule has 2 aromatic carbocycles. The molecule has 0 aromatic heterocycles. The van der Waals surface area contributed by atoms with Crippen LogP contribution >= 0.6 is 0 Å². The lowest BCUT2D eigenvalue weighted by Crippen LogP contribution is -2.40. The van der Waals surface area contributed by atoms with E-state index in [1.54, 1.807) is 11.0 Å². The summed E-state index contributed by atoms with van der Waals surface area (Å²) in [6, 6.07) is 8.13. The van der Waals surface area contributed by atoms with Crippen LogP contribution in [0.3, 0.4) is 0 Å². The molecule has 1 amide bonds. The SMILES string of the molecule is O=C(c1c(O)cccc1O)N1CCCC(CCc2ccc(F)c(F)c2)C1. The third-order valence-electron chi connectivity index (χ3n) is 4.87. The van der Waals surface area contributed by atoms with Crippen molar-refractivity contribution < 1.29 is 23.8 Å². The molecule has 1 aliphatic heterocycles. The van der Waals surface area contributed by atoms with E-state index >= 15 is 0 Å². The summed E-state index contributed by atoms with van der Waals surface area (Å²) in [6.07, 6.45) is 3.12. The van der Waals surface area contributed by atoms with Crippen LogP contribution in [0.1, 0.15) is 35.2 Å². The lowest BCUT2D eigenvalue weighted by atomic mass is 9.91. The zero-order valence-corrected chi connectivity index (χ0v) is 14.3. The van der Waals surface area contributed by atoms with Crippen molar-refractivity contribution in [2.45, 2.75) is 25.7 Å². The van der Waals surface area contributed by atoms with E-state index in [0.29, 0.717) is 19.5 Å². The van der Waals surface area contributed by atoms with Gasteiger partial charge in [-0.05, 0) is 61.4 Å². The van der Waals surface area contributed by atoms with Gasteiger partial charge in [0.25, 0.3) is 5.91 Å². The van der Waals surface area contributed by atoms with Crippen LogP contribution < -0.4 is 0 Å². The van der Waals surface area contributed by atoms with E-state index in [-0.39, 0.29) is 23.0 Å². The predicted molar refractivity (Wildman–Crippen MR) is 93.1 cm³/mol. The van der Waals surface area contributed by atoms with Gasteiger partial charge in [-0.1, -0.05) is 12.1 Å². The molecule has 0 radical (unpaired) electrons. The van der Waals surface area contributed by atoms with Gasteiger partial charge in [0, 0.05) is 13.1 Å². The topological polar surface area (TPSA) is 60.8 Å². The zero-order chi connectivity index (χ0) is 18.7. The fourth-order valence-corrected chi connectivity index (χ4v) is 3.46. The Hall–Kier alpha value is -2.63. The summed E-state index contributed by atoms with van der Waals surface area (Å²) in [5, 5.41) is 19.8. The third kappa shape index (κ3) is 3.95. The first-order valence-electron chi connectivity index (χ1n) is 8.70. The molecule has 6 heteroatoms. The molecule has 138 valence electrons. The molecular formula is C20H21F2NO3. The Morgan fingerprint density at radius 1 is 1.12 bits per heavy atom. The number of likely N-dealkylation sites (tertiary alicyclic amines) is 1. The van der Waals surface area contributed by atoms with Crippen molar-refractivity contribution in [2.75, 3.05) is 13.1 Å². The summed E-state index contributed by atoms with van der Waals surface area (Å²) < 4.78 is 26.3. The molecule has 1 fully saturated rings. The van der Waals surface area contributed by atoms with Crippen molar-refractivity contribution in [1.82, 2.24) is 4.90 Å². The first-order chi connectivity index (χ1) is 12.5. The molecule has 26 heavy (non-hydrogen) atoms. The minimum atomic E-state index is -0.856. The first-order valence-corrected chi connectivity index (χ1v) is 8.70. The van der Waals surface area contributed by atoms with Crippen LogP contribution in [0.2, 0.25) is 0 Å². The minimum absolute atomic E-state index is 0.0752. The highest BCUT2D eigenvalue weighted by Crippen LogP contribution is 2.30. The maximum absolute atomic E-state index is 13.3. The number of nitrogens with zero attached hydrogens (tertiary/aromatic N) is 1. The maximum atomic E-state index is 13.3. The predicted octanol–water partition coefficient (Wildman–Crippen LogP) is 3.86. The summed E-state index contributed by atoms with van der Waals surface area (Å²) in [4.78, 5) is 14.3. The number of hydrogen-bond donors (Lipinski definition) is 2. The van der Waals surface area contributed by atoms with Crippen LogP contribution in [0.15, 0.2) is 36.4 Å². The van der Waals surface area contributed by atoms with Crippen LogP contribution in [0, 0.1) is 17.6 Å². The Kier molecular flexibility index (Phi) is 5.40. The zero-order valence-electron chi connectivity index (χ0n) is 14.3. The molecule has 2 N–H and O–H groups in total. The largest absolute Gasteiger partial charge is 0.507 e. The number of hydrogen-bond acceptors (Lipinski definition) is 3. The van der Waals surface area contributed by atoms with Gasteiger partial charge in [0.15, 0.2) is 11.6 Å². The fraction of sp³-hybridized carbons (Fsp3) is 0.350. The second-order valence-electron chi connectivity index (χ2n) is 6.72. The lowest BCUT2D eigenvalue weighted by molar-refractivity contribution is 0.0662. The number of rotatable bonds is 4. The molecule has 4 nitrogen and oxygen atoms in total. The average Bonchev–Trinajstić information content (AvgIpc) is 2.63. The van der Waals surface area contributed by atoms with E-state index in [9.17, 15) is 23.8 Å². The smallest absolute Gasteiger partial charge is 0.261 e. The number of carbonyl (C=O) groups is 1. The molecule has 3 rings (SSSR count). The Labute approximate surface area is 150 Å². The minimum Gasteiger partial charge on any atom is -0.507 e. The van der Waals surface area contributed by atoms with Gasteiger partial charge in [-0.25, -0.2) is 8.78 Å². The monoisotopic (exact) mass is 361 g/mol. The van der Waals surface area contributed by atoms with E-state index in [0.717, 1.165) is 30.9 Å². The molecule has 1 unspecified atom stereocenters. The van der Waals surface area contributed by atoms with Gasteiger partial charge in [0.05, 0.1) is 0 Å². The second-order valence-corrected chi connectivity index (χ2v) is 6.72. The van der Waals surface area contributed by atoms with Gasteiger partial charge in [-0.2, -0.15) is 0 Å². The molecule has 0 spiro atoms. The highest BCUT2D eigenvalue weighted by atomic mass is 19.2. The van der Waals surface area contributed by atoms with Crippen molar-refractivity contribution in [3.05, 3.63) is 59.2 Å². The average molecular weight is 361 g/mol. The summed E-state index contributed by atoms with van der Waals surface area (Å²) in [7, 11) is 0. The number of aromatic hydroxyl groups is 2. The molecule has 1 aliphatic rings. The van der Waals surface area contributed by atoms with Crippen LogP contribution in [0.25, 0.3) is 0 Å². The van der Waals surface area contributed by atoms with Crippen molar-refractivity contribution in [2.24, 2.45) is 5.92 Å². The number of benzene rings is 2. The Bertz CT molecular complexity index is 789.